The van der Waals surface area contributed by atoms with Crippen LogP contribution in [0.1, 0.15) is 25.8 Å². The summed E-state index contributed by atoms with van der Waals surface area (Å²) >= 11 is 6.07. The van der Waals surface area contributed by atoms with Gasteiger partial charge in [-0.1, -0.05) is 50.1 Å². The summed E-state index contributed by atoms with van der Waals surface area (Å²) in [6.45, 7) is 4.51. The maximum atomic E-state index is 12.1. The minimum absolute atomic E-state index is 0.0377. The van der Waals surface area contributed by atoms with E-state index in [1.54, 1.807) is 11.9 Å². The lowest BCUT2D eigenvalue weighted by Gasteiger charge is -2.25. The molecule has 0 saturated carbocycles. The molecule has 1 aromatic carbocycles. The smallest absolute Gasteiger partial charge is 0.239 e. The van der Waals surface area contributed by atoms with Crippen molar-refractivity contribution < 1.29 is 4.79 Å². The Bertz CT molecular complexity index is 409. The summed E-state index contributed by atoms with van der Waals surface area (Å²) < 4.78 is 0. The molecular weight excluding hydrogens is 248 g/mol. The van der Waals surface area contributed by atoms with E-state index in [4.69, 9.17) is 17.3 Å². The fourth-order valence-electron chi connectivity index (χ4n) is 1.71. The van der Waals surface area contributed by atoms with Crippen LogP contribution in [0.15, 0.2) is 24.3 Å². The number of benzene rings is 1. The first-order valence-corrected chi connectivity index (χ1v) is 6.59. The number of hydrogen-bond acceptors (Lipinski definition) is 2. The van der Waals surface area contributed by atoms with Crippen molar-refractivity contribution in [1.29, 1.82) is 0 Å². The molecule has 100 valence electrons. The molecular formula is C14H21ClN2O. The molecule has 0 aliphatic heterocycles. The number of halogens is 1. The second-order valence-electron chi connectivity index (χ2n) is 4.70. The van der Waals surface area contributed by atoms with Gasteiger partial charge in [-0.25, -0.2) is 0 Å². The van der Waals surface area contributed by atoms with Crippen LogP contribution in [0.25, 0.3) is 0 Å². The molecule has 0 saturated heterocycles. The van der Waals surface area contributed by atoms with E-state index in [9.17, 15) is 4.79 Å². The Kier molecular flexibility index (Phi) is 5.63. The molecule has 1 rings (SSSR count). The first-order chi connectivity index (χ1) is 8.47. The summed E-state index contributed by atoms with van der Waals surface area (Å²) in [4.78, 5) is 13.8. The molecule has 1 aromatic rings. The van der Waals surface area contributed by atoms with Crippen LogP contribution < -0.4 is 5.73 Å². The number of nitrogens with zero attached hydrogens (tertiary/aromatic N) is 1. The average molecular weight is 269 g/mol. The lowest BCUT2D eigenvalue weighted by Crippen LogP contribution is -2.45. The third-order valence-electron chi connectivity index (χ3n) is 3.28. The number of hydrogen-bond donors (Lipinski definition) is 1. The Morgan fingerprint density at radius 2 is 2.06 bits per heavy atom. The minimum atomic E-state index is -0.442. The normalized spacial score (nSPS) is 14.1. The SMILES string of the molecule is CCC(C)[C@H](N)C(=O)N(C)Cc1ccccc1Cl. The third kappa shape index (κ3) is 3.72. The van der Waals surface area contributed by atoms with E-state index in [1.165, 1.54) is 0 Å². The largest absolute Gasteiger partial charge is 0.340 e. The van der Waals surface area contributed by atoms with Crippen LogP contribution in [0.2, 0.25) is 5.02 Å². The molecule has 2 N–H and O–H groups in total. The molecule has 0 fully saturated rings. The second kappa shape index (κ2) is 6.76. The van der Waals surface area contributed by atoms with Gasteiger partial charge in [0.2, 0.25) is 5.91 Å². The summed E-state index contributed by atoms with van der Waals surface area (Å²) in [5.41, 5.74) is 6.88. The van der Waals surface area contributed by atoms with Crippen LogP contribution in [-0.4, -0.2) is 23.9 Å². The van der Waals surface area contributed by atoms with Crippen LogP contribution in [-0.2, 0) is 11.3 Å². The van der Waals surface area contributed by atoms with Crippen LogP contribution in [0, 0.1) is 5.92 Å². The zero-order valence-corrected chi connectivity index (χ0v) is 11.9. The molecule has 1 unspecified atom stereocenters. The van der Waals surface area contributed by atoms with Gasteiger partial charge in [0.15, 0.2) is 0 Å². The minimum Gasteiger partial charge on any atom is -0.340 e. The molecule has 18 heavy (non-hydrogen) atoms. The monoisotopic (exact) mass is 268 g/mol. The van der Waals surface area contributed by atoms with Crippen LogP contribution >= 0.6 is 11.6 Å². The molecule has 0 spiro atoms. The predicted octanol–water partition coefficient (Wildman–Crippen LogP) is 2.67. The second-order valence-corrected chi connectivity index (χ2v) is 5.10. The van der Waals surface area contributed by atoms with Crippen molar-refractivity contribution >= 4 is 17.5 Å². The molecule has 1 amide bonds. The molecule has 3 nitrogen and oxygen atoms in total. The highest BCUT2D eigenvalue weighted by atomic mass is 35.5. The Hall–Kier alpha value is -1.06. The predicted molar refractivity (Wildman–Crippen MR) is 75.4 cm³/mol. The lowest BCUT2D eigenvalue weighted by molar-refractivity contribution is -0.132. The number of amides is 1. The zero-order valence-electron chi connectivity index (χ0n) is 11.2. The summed E-state index contributed by atoms with van der Waals surface area (Å²) in [7, 11) is 1.76. The van der Waals surface area contributed by atoms with E-state index >= 15 is 0 Å². The highest BCUT2D eigenvalue weighted by molar-refractivity contribution is 6.31. The van der Waals surface area contributed by atoms with Crippen molar-refractivity contribution in [2.45, 2.75) is 32.9 Å². The lowest BCUT2D eigenvalue weighted by atomic mass is 9.99. The molecule has 0 heterocycles. The van der Waals surface area contributed by atoms with E-state index in [2.05, 4.69) is 0 Å². The van der Waals surface area contributed by atoms with Gasteiger partial charge in [-0.2, -0.15) is 0 Å². The van der Waals surface area contributed by atoms with Crippen molar-refractivity contribution in [3.8, 4) is 0 Å². The van der Waals surface area contributed by atoms with Crippen molar-refractivity contribution in [1.82, 2.24) is 4.90 Å². The average Bonchev–Trinajstić information content (AvgIpc) is 2.38. The molecule has 4 heteroatoms. The van der Waals surface area contributed by atoms with Crippen molar-refractivity contribution in [3.63, 3.8) is 0 Å². The Labute approximate surface area is 114 Å². The van der Waals surface area contributed by atoms with Gasteiger partial charge in [0.05, 0.1) is 6.04 Å². The van der Waals surface area contributed by atoms with Crippen LogP contribution in [0.5, 0.6) is 0 Å². The molecule has 0 aliphatic rings. The van der Waals surface area contributed by atoms with Gasteiger partial charge < -0.3 is 10.6 Å². The Morgan fingerprint density at radius 1 is 1.44 bits per heavy atom. The van der Waals surface area contributed by atoms with Gasteiger partial charge in [0.1, 0.15) is 0 Å². The summed E-state index contributed by atoms with van der Waals surface area (Å²) in [5.74, 6) is 0.149. The first kappa shape index (κ1) is 15.0. The summed E-state index contributed by atoms with van der Waals surface area (Å²) in [5, 5.41) is 0.675. The van der Waals surface area contributed by atoms with Gasteiger partial charge in [-0.05, 0) is 17.5 Å². The van der Waals surface area contributed by atoms with Crippen molar-refractivity contribution in [2.75, 3.05) is 7.05 Å². The van der Waals surface area contributed by atoms with E-state index < -0.39 is 6.04 Å². The van der Waals surface area contributed by atoms with Crippen LogP contribution in [0.4, 0.5) is 0 Å². The van der Waals surface area contributed by atoms with E-state index in [1.807, 2.05) is 38.1 Å². The number of nitrogens with two attached hydrogens (primary N) is 1. The first-order valence-electron chi connectivity index (χ1n) is 6.21. The van der Waals surface area contributed by atoms with Gasteiger partial charge in [0.25, 0.3) is 0 Å². The van der Waals surface area contributed by atoms with Gasteiger partial charge in [-0.3, -0.25) is 4.79 Å². The molecule has 0 bridgehead atoms. The highest BCUT2D eigenvalue weighted by Crippen LogP contribution is 2.17. The van der Waals surface area contributed by atoms with E-state index in [-0.39, 0.29) is 11.8 Å². The molecule has 0 aromatic heterocycles. The third-order valence-corrected chi connectivity index (χ3v) is 3.65. The van der Waals surface area contributed by atoms with Gasteiger partial charge in [0, 0.05) is 18.6 Å². The van der Waals surface area contributed by atoms with Crippen LogP contribution in [0.3, 0.4) is 0 Å². The van der Waals surface area contributed by atoms with E-state index in [0.29, 0.717) is 11.6 Å². The quantitative estimate of drug-likeness (QED) is 0.892. The summed E-state index contributed by atoms with van der Waals surface area (Å²) in [6.07, 6.45) is 0.896. The summed E-state index contributed by atoms with van der Waals surface area (Å²) in [6, 6.07) is 7.08. The number of carbonyl (C=O) groups excluding carboxylic acids is 1. The highest BCUT2D eigenvalue weighted by Gasteiger charge is 2.23. The van der Waals surface area contributed by atoms with Gasteiger partial charge >= 0.3 is 0 Å². The van der Waals surface area contributed by atoms with Crippen molar-refractivity contribution in [2.24, 2.45) is 11.7 Å². The zero-order chi connectivity index (χ0) is 13.7. The maximum Gasteiger partial charge on any atom is 0.239 e. The fourth-order valence-corrected chi connectivity index (χ4v) is 1.91. The van der Waals surface area contributed by atoms with Crippen molar-refractivity contribution in [3.05, 3.63) is 34.9 Å². The topological polar surface area (TPSA) is 46.3 Å². The molecule has 0 radical (unpaired) electrons. The Morgan fingerprint density at radius 3 is 2.61 bits per heavy atom. The molecule has 2 atom stereocenters. The fraction of sp³-hybridized carbons (Fsp3) is 0.500. The number of carbonyl (C=O) groups is 1. The maximum absolute atomic E-state index is 12.1. The van der Waals surface area contributed by atoms with Gasteiger partial charge in [-0.15, -0.1) is 0 Å². The Balaban J connectivity index is 2.68. The number of rotatable bonds is 5. The van der Waals surface area contributed by atoms with E-state index in [0.717, 1.165) is 12.0 Å². The standard InChI is InChI=1S/C14H21ClN2O/c1-4-10(2)13(16)14(18)17(3)9-11-7-5-6-8-12(11)15/h5-8,10,13H,4,9,16H2,1-3H3/t10?,13-/m0/s1. The molecule has 0 aliphatic carbocycles. The number of likely N-dealkylation sites (N-methyl/N-ethyl adjacent to an activating group) is 1.